The molecular weight excluding hydrogens is 246 g/mol. The molecule has 7 heteroatoms. The number of methoxy groups -OCH3 is 1. The molecule has 1 fully saturated rings. The van der Waals surface area contributed by atoms with Crippen molar-refractivity contribution in [3.05, 3.63) is 11.8 Å². The highest BCUT2D eigenvalue weighted by atomic mass is 35.5. The molecule has 2 rings (SSSR count). The second-order valence-electron chi connectivity index (χ2n) is 3.86. The number of nitrogens with one attached hydrogen (secondary N) is 1. The molecule has 1 atom stereocenters. The van der Waals surface area contributed by atoms with Gasteiger partial charge >= 0.3 is 5.97 Å². The number of anilines is 1. The smallest absolute Gasteiger partial charge is 0.356 e. The predicted octanol–water partition coefficient (Wildman–Crippen LogP) is 0.788. The second-order valence-corrected chi connectivity index (χ2v) is 4.17. The Kier molecular flexibility index (Phi) is 3.33. The number of rotatable bonds is 3. The largest absolute Gasteiger partial charge is 0.464 e. The maximum atomic E-state index is 11.7. The highest BCUT2D eigenvalue weighted by Gasteiger charge is 2.31. The van der Waals surface area contributed by atoms with Crippen LogP contribution in [0.4, 0.5) is 5.82 Å². The molecule has 0 radical (unpaired) electrons. The van der Waals surface area contributed by atoms with E-state index in [-0.39, 0.29) is 17.5 Å². The van der Waals surface area contributed by atoms with Crippen LogP contribution in [0.5, 0.6) is 0 Å². The zero-order chi connectivity index (χ0) is 12.4. The average Bonchev–Trinajstić information content (AvgIpc) is 2.94. The monoisotopic (exact) mass is 257 g/mol. The van der Waals surface area contributed by atoms with Crippen LogP contribution in [0.2, 0.25) is 0 Å². The summed E-state index contributed by atoms with van der Waals surface area (Å²) in [5, 5.41) is 6.46. The minimum atomic E-state index is -0.510. The average molecular weight is 258 g/mol. The molecule has 1 aliphatic rings. The summed E-state index contributed by atoms with van der Waals surface area (Å²) in [7, 11) is 1.29. The summed E-state index contributed by atoms with van der Waals surface area (Å²) in [6.07, 6.45) is 0.421. The van der Waals surface area contributed by atoms with E-state index in [4.69, 9.17) is 11.6 Å². The van der Waals surface area contributed by atoms with Gasteiger partial charge in [-0.25, -0.2) is 4.79 Å². The third kappa shape index (κ3) is 2.26. The minimum absolute atomic E-state index is 0.0291. The zero-order valence-electron chi connectivity index (χ0n) is 9.27. The standard InChI is InChI=1S/C10H12ClN3O3/c1-17-10(16)7-3-8(13-12-7)14-5-6(4-11)2-9(14)15/h3,6H,2,4-5H2,1H3,(H,12,13). The van der Waals surface area contributed by atoms with Gasteiger partial charge in [0.25, 0.3) is 0 Å². The Morgan fingerprint density at radius 3 is 3.12 bits per heavy atom. The van der Waals surface area contributed by atoms with E-state index < -0.39 is 5.97 Å². The maximum Gasteiger partial charge on any atom is 0.356 e. The first-order valence-electron chi connectivity index (χ1n) is 5.15. The number of amides is 1. The third-order valence-corrected chi connectivity index (χ3v) is 3.11. The van der Waals surface area contributed by atoms with E-state index in [1.54, 1.807) is 0 Å². The Morgan fingerprint density at radius 1 is 1.76 bits per heavy atom. The summed E-state index contributed by atoms with van der Waals surface area (Å²) in [6.45, 7) is 0.536. The number of hydrogen-bond acceptors (Lipinski definition) is 4. The number of aromatic amines is 1. The van der Waals surface area contributed by atoms with Crippen molar-refractivity contribution >= 4 is 29.3 Å². The molecule has 1 aliphatic heterocycles. The molecular formula is C10H12ClN3O3. The molecule has 6 nitrogen and oxygen atoms in total. The van der Waals surface area contributed by atoms with Gasteiger partial charge in [-0.05, 0) is 5.92 Å². The van der Waals surface area contributed by atoms with E-state index in [9.17, 15) is 9.59 Å². The highest BCUT2D eigenvalue weighted by Crippen LogP contribution is 2.24. The second kappa shape index (κ2) is 4.75. The first kappa shape index (κ1) is 11.9. The predicted molar refractivity (Wildman–Crippen MR) is 61.1 cm³/mol. The Labute approximate surface area is 103 Å². The van der Waals surface area contributed by atoms with Crippen molar-refractivity contribution in [2.24, 2.45) is 5.92 Å². The molecule has 0 spiro atoms. The normalized spacial score (nSPS) is 19.8. The first-order valence-corrected chi connectivity index (χ1v) is 5.69. The molecule has 92 valence electrons. The number of halogens is 1. The molecule has 0 aromatic carbocycles. The van der Waals surface area contributed by atoms with Crippen LogP contribution in [0.3, 0.4) is 0 Å². The number of alkyl halides is 1. The molecule has 1 saturated heterocycles. The van der Waals surface area contributed by atoms with Gasteiger partial charge in [-0.1, -0.05) is 0 Å². The van der Waals surface area contributed by atoms with Gasteiger partial charge in [0, 0.05) is 24.9 Å². The SMILES string of the molecule is COC(=O)c1cc(N2CC(CCl)CC2=O)n[nH]1. The molecule has 0 aliphatic carbocycles. The third-order valence-electron chi connectivity index (χ3n) is 2.67. The summed E-state index contributed by atoms with van der Waals surface area (Å²) < 4.78 is 4.55. The molecule has 17 heavy (non-hydrogen) atoms. The highest BCUT2D eigenvalue weighted by molar-refractivity contribution is 6.18. The van der Waals surface area contributed by atoms with E-state index in [2.05, 4.69) is 14.9 Å². The molecule has 1 N–H and O–H groups in total. The summed E-state index contributed by atoms with van der Waals surface area (Å²) in [5.74, 6) is 0.476. The summed E-state index contributed by atoms with van der Waals surface area (Å²) in [6, 6.07) is 1.50. The molecule has 1 aromatic heterocycles. The summed E-state index contributed by atoms with van der Waals surface area (Å²) in [4.78, 5) is 24.4. The van der Waals surface area contributed by atoms with Crippen LogP contribution in [0.1, 0.15) is 16.9 Å². The number of hydrogen-bond donors (Lipinski definition) is 1. The van der Waals surface area contributed by atoms with Crippen LogP contribution >= 0.6 is 11.6 Å². The fraction of sp³-hybridized carbons (Fsp3) is 0.500. The topological polar surface area (TPSA) is 75.3 Å². The van der Waals surface area contributed by atoms with Crippen LogP contribution in [0.15, 0.2) is 6.07 Å². The van der Waals surface area contributed by atoms with E-state index in [1.807, 2.05) is 0 Å². The van der Waals surface area contributed by atoms with Crippen LogP contribution in [-0.2, 0) is 9.53 Å². The zero-order valence-corrected chi connectivity index (χ0v) is 10.0. The summed E-state index contributed by atoms with van der Waals surface area (Å²) in [5.41, 5.74) is 0.227. The quantitative estimate of drug-likeness (QED) is 0.642. The number of ether oxygens (including phenoxy) is 1. The van der Waals surface area contributed by atoms with Crippen LogP contribution in [0.25, 0.3) is 0 Å². The van der Waals surface area contributed by atoms with Gasteiger partial charge < -0.3 is 4.74 Å². The van der Waals surface area contributed by atoms with Gasteiger partial charge in [0.1, 0.15) is 5.69 Å². The minimum Gasteiger partial charge on any atom is -0.464 e. The molecule has 1 aromatic rings. The number of H-pyrrole nitrogens is 1. The fourth-order valence-electron chi connectivity index (χ4n) is 1.77. The number of aromatic nitrogens is 2. The van der Waals surface area contributed by atoms with E-state index in [0.717, 1.165) is 0 Å². The Hall–Kier alpha value is -1.56. The van der Waals surface area contributed by atoms with Gasteiger partial charge in [-0.15, -0.1) is 11.6 Å². The fourth-order valence-corrected chi connectivity index (χ4v) is 1.98. The molecule has 1 amide bonds. The van der Waals surface area contributed by atoms with Gasteiger partial charge in [-0.3, -0.25) is 14.8 Å². The van der Waals surface area contributed by atoms with Crippen molar-refractivity contribution in [3.8, 4) is 0 Å². The lowest BCUT2D eigenvalue weighted by molar-refractivity contribution is -0.117. The Bertz CT molecular complexity index is 446. The van der Waals surface area contributed by atoms with Crippen molar-refractivity contribution in [2.75, 3.05) is 24.4 Å². The Balaban J connectivity index is 2.15. The van der Waals surface area contributed by atoms with Crippen molar-refractivity contribution < 1.29 is 14.3 Å². The van der Waals surface area contributed by atoms with Crippen molar-refractivity contribution in [2.45, 2.75) is 6.42 Å². The molecule has 2 heterocycles. The first-order chi connectivity index (χ1) is 8.15. The van der Waals surface area contributed by atoms with Gasteiger partial charge in [0.15, 0.2) is 5.82 Å². The van der Waals surface area contributed by atoms with E-state index >= 15 is 0 Å². The van der Waals surface area contributed by atoms with Crippen LogP contribution in [0, 0.1) is 5.92 Å². The molecule has 0 saturated carbocycles. The Morgan fingerprint density at radius 2 is 2.53 bits per heavy atom. The van der Waals surface area contributed by atoms with E-state index in [0.29, 0.717) is 24.7 Å². The lowest BCUT2D eigenvalue weighted by Crippen LogP contribution is -2.25. The van der Waals surface area contributed by atoms with Crippen molar-refractivity contribution in [3.63, 3.8) is 0 Å². The molecule has 1 unspecified atom stereocenters. The number of carbonyl (C=O) groups is 2. The number of nitrogens with zero attached hydrogens (tertiary/aromatic N) is 2. The van der Waals surface area contributed by atoms with E-state index in [1.165, 1.54) is 18.1 Å². The van der Waals surface area contributed by atoms with Gasteiger partial charge in [0.2, 0.25) is 5.91 Å². The number of carbonyl (C=O) groups excluding carboxylic acids is 2. The van der Waals surface area contributed by atoms with Crippen molar-refractivity contribution in [1.82, 2.24) is 10.2 Å². The lowest BCUT2D eigenvalue weighted by Gasteiger charge is -2.11. The van der Waals surface area contributed by atoms with Crippen molar-refractivity contribution in [1.29, 1.82) is 0 Å². The summed E-state index contributed by atoms with van der Waals surface area (Å²) >= 11 is 5.72. The van der Waals surface area contributed by atoms with Gasteiger partial charge in [0.05, 0.1) is 7.11 Å². The van der Waals surface area contributed by atoms with Crippen LogP contribution in [-0.4, -0.2) is 41.6 Å². The van der Waals surface area contributed by atoms with Gasteiger partial charge in [-0.2, -0.15) is 5.10 Å². The lowest BCUT2D eigenvalue weighted by atomic mass is 10.1. The van der Waals surface area contributed by atoms with Crippen LogP contribution < -0.4 is 4.90 Å². The number of esters is 1. The maximum absolute atomic E-state index is 11.7. The molecule has 0 bridgehead atoms.